The molecular formula is C28H36F3N7O. The first-order valence-electron chi connectivity index (χ1n) is 13.7. The molecule has 39 heavy (non-hydrogen) atoms. The van der Waals surface area contributed by atoms with Crippen LogP contribution in [0.25, 0.3) is 0 Å². The average molecular weight is 544 g/mol. The molecule has 0 amide bonds. The third-order valence-electron chi connectivity index (χ3n) is 8.09. The summed E-state index contributed by atoms with van der Waals surface area (Å²) >= 11 is 0. The quantitative estimate of drug-likeness (QED) is 0.588. The summed E-state index contributed by atoms with van der Waals surface area (Å²) in [6, 6.07) is 7.56. The Labute approximate surface area is 227 Å². The number of benzene rings is 1. The number of fused-ring (bicyclic) bond motifs is 1. The largest absolute Gasteiger partial charge is 0.462 e. The number of nitrogens with one attached hydrogen (secondary N) is 1. The van der Waals surface area contributed by atoms with E-state index in [0.717, 1.165) is 43.9 Å². The second-order valence-electron chi connectivity index (χ2n) is 10.8. The Balaban J connectivity index is 1.50. The van der Waals surface area contributed by atoms with E-state index < -0.39 is 11.7 Å². The Morgan fingerprint density at radius 1 is 1.15 bits per heavy atom. The van der Waals surface area contributed by atoms with E-state index in [1.165, 1.54) is 13.0 Å². The molecular weight excluding hydrogens is 507 g/mol. The van der Waals surface area contributed by atoms with E-state index in [1.54, 1.807) is 17.0 Å². The SMILES string of the molecule is Cc1cccc(N2CCCc3c(nc(OC[C@@H]4CCCN4C)nc3N3CCNC(CC#N)C3)C2)c1C(F)(F)F. The van der Waals surface area contributed by atoms with E-state index >= 15 is 0 Å². The Bertz CT molecular complexity index is 1210. The molecule has 5 rings (SSSR count). The topological polar surface area (TPSA) is 80.6 Å². The number of likely N-dealkylation sites (N-methyl/N-ethyl adjacent to an activating group) is 1. The zero-order valence-electron chi connectivity index (χ0n) is 22.6. The van der Waals surface area contributed by atoms with Crippen LogP contribution in [0.15, 0.2) is 18.2 Å². The first kappa shape index (κ1) is 27.5. The van der Waals surface area contributed by atoms with Crippen LogP contribution in [-0.4, -0.2) is 73.3 Å². The molecule has 1 aromatic heterocycles. The standard InChI is InChI=1S/C28H36F3N7O/c1-19-6-3-9-24(25(19)28(29,30)31)37-14-5-8-22-23(17-37)34-27(39-18-21-7-4-13-36(21)2)35-26(22)38-15-12-33-20(16-38)10-11-32/h3,6,9,20-21,33H,4-5,7-8,10,12-18H2,1-2H3/t20?,21-/m0/s1. The van der Waals surface area contributed by atoms with Gasteiger partial charge in [0.2, 0.25) is 0 Å². The lowest BCUT2D eigenvalue weighted by Crippen LogP contribution is -2.51. The highest BCUT2D eigenvalue weighted by atomic mass is 19.4. The normalized spacial score (nSPS) is 22.4. The zero-order valence-corrected chi connectivity index (χ0v) is 22.6. The van der Waals surface area contributed by atoms with Crippen LogP contribution in [0.5, 0.6) is 6.01 Å². The molecule has 3 aliphatic heterocycles. The molecule has 0 bridgehead atoms. The van der Waals surface area contributed by atoms with Gasteiger partial charge in [-0.25, -0.2) is 0 Å². The molecule has 2 aromatic rings. The van der Waals surface area contributed by atoms with Gasteiger partial charge in [0.1, 0.15) is 12.4 Å². The number of ether oxygens (including phenoxy) is 1. The minimum absolute atomic E-state index is 0.0230. The molecule has 0 saturated carbocycles. The van der Waals surface area contributed by atoms with E-state index in [-0.39, 0.29) is 35.9 Å². The van der Waals surface area contributed by atoms with Crippen LogP contribution < -0.4 is 19.9 Å². The van der Waals surface area contributed by atoms with Crippen molar-refractivity contribution in [3.8, 4) is 12.1 Å². The van der Waals surface area contributed by atoms with Gasteiger partial charge in [-0.1, -0.05) is 12.1 Å². The van der Waals surface area contributed by atoms with Gasteiger partial charge in [0.15, 0.2) is 0 Å². The highest BCUT2D eigenvalue weighted by molar-refractivity contribution is 5.60. The van der Waals surface area contributed by atoms with Gasteiger partial charge in [-0.15, -0.1) is 0 Å². The van der Waals surface area contributed by atoms with Gasteiger partial charge in [-0.2, -0.15) is 28.4 Å². The molecule has 4 heterocycles. The number of aromatic nitrogens is 2. The molecule has 2 fully saturated rings. The van der Waals surface area contributed by atoms with Gasteiger partial charge < -0.3 is 24.8 Å². The van der Waals surface area contributed by atoms with Crippen LogP contribution in [0.2, 0.25) is 0 Å². The van der Waals surface area contributed by atoms with E-state index in [4.69, 9.17) is 14.7 Å². The number of hydrogen-bond acceptors (Lipinski definition) is 8. The third kappa shape index (κ3) is 6.07. The Hall–Kier alpha value is -3.10. The molecule has 1 unspecified atom stereocenters. The van der Waals surface area contributed by atoms with Crippen LogP contribution in [0.4, 0.5) is 24.7 Å². The van der Waals surface area contributed by atoms with Crippen molar-refractivity contribution in [1.82, 2.24) is 20.2 Å². The molecule has 0 aliphatic carbocycles. The van der Waals surface area contributed by atoms with Gasteiger partial charge in [-0.3, -0.25) is 0 Å². The smallest absolute Gasteiger partial charge is 0.418 e. The second kappa shape index (κ2) is 11.6. The third-order valence-corrected chi connectivity index (χ3v) is 8.09. The van der Waals surface area contributed by atoms with Gasteiger partial charge in [0.05, 0.1) is 30.3 Å². The first-order chi connectivity index (χ1) is 18.7. The number of likely N-dealkylation sites (tertiary alicyclic amines) is 1. The number of hydrogen-bond donors (Lipinski definition) is 1. The number of piperazine rings is 1. The Morgan fingerprint density at radius 3 is 2.74 bits per heavy atom. The fourth-order valence-corrected chi connectivity index (χ4v) is 6.03. The molecule has 8 nitrogen and oxygen atoms in total. The number of alkyl halides is 3. The Morgan fingerprint density at radius 2 is 2.00 bits per heavy atom. The molecule has 210 valence electrons. The molecule has 3 aliphatic rings. The minimum Gasteiger partial charge on any atom is -0.462 e. The number of nitrogens with zero attached hydrogens (tertiary/aromatic N) is 6. The molecule has 0 spiro atoms. The maximum Gasteiger partial charge on any atom is 0.418 e. The van der Waals surface area contributed by atoms with Crippen molar-refractivity contribution in [1.29, 1.82) is 5.26 Å². The summed E-state index contributed by atoms with van der Waals surface area (Å²) in [5.74, 6) is 0.779. The summed E-state index contributed by atoms with van der Waals surface area (Å²) in [6.07, 6.45) is -0.562. The van der Waals surface area contributed by atoms with Crippen molar-refractivity contribution < 1.29 is 17.9 Å². The van der Waals surface area contributed by atoms with Crippen molar-refractivity contribution in [3.63, 3.8) is 0 Å². The fourth-order valence-electron chi connectivity index (χ4n) is 6.03. The van der Waals surface area contributed by atoms with Gasteiger partial charge in [0, 0.05) is 49.5 Å². The van der Waals surface area contributed by atoms with Crippen molar-refractivity contribution in [2.75, 3.05) is 56.2 Å². The van der Waals surface area contributed by atoms with Crippen molar-refractivity contribution >= 4 is 11.5 Å². The number of aryl methyl sites for hydroxylation is 1. The van der Waals surface area contributed by atoms with Gasteiger partial charge in [-0.05, 0) is 57.8 Å². The predicted octanol–water partition coefficient (Wildman–Crippen LogP) is 3.92. The van der Waals surface area contributed by atoms with Crippen LogP contribution in [0.3, 0.4) is 0 Å². The van der Waals surface area contributed by atoms with Gasteiger partial charge >= 0.3 is 12.2 Å². The van der Waals surface area contributed by atoms with Crippen molar-refractivity contribution in [2.24, 2.45) is 0 Å². The lowest BCUT2D eigenvalue weighted by atomic mass is 10.0. The maximum absolute atomic E-state index is 14.1. The van der Waals surface area contributed by atoms with Crippen LogP contribution in [0.1, 0.15) is 48.1 Å². The Kier molecular flexibility index (Phi) is 8.14. The van der Waals surface area contributed by atoms with Crippen molar-refractivity contribution in [3.05, 3.63) is 40.6 Å². The lowest BCUT2D eigenvalue weighted by molar-refractivity contribution is -0.137. The number of nitriles is 1. The van der Waals surface area contributed by atoms with Crippen molar-refractivity contribution in [2.45, 2.75) is 63.8 Å². The second-order valence-corrected chi connectivity index (χ2v) is 10.8. The summed E-state index contributed by atoms with van der Waals surface area (Å²) < 4.78 is 48.5. The molecule has 2 atom stereocenters. The van der Waals surface area contributed by atoms with Gasteiger partial charge in [0.25, 0.3) is 0 Å². The highest BCUT2D eigenvalue weighted by Gasteiger charge is 2.37. The van der Waals surface area contributed by atoms with Crippen LogP contribution in [0, 0.1) is 18.3 Å². The van der Waals surface area contributed by atoms with Crippen LogP contribution in [-0.2, 0) is 19.1 Å². The van der Waals surface area contributed by atoms with Crippen LogP contribution >= 0.6 is 0 Å². The minimum atomic E-state index is -4.45. The molecule has 0 radical (unpaired) electrons. The first-order valence-corrected chi connectivity index (χ1v) is 13.7. The predicted molar refractivity (Wildman–Crippen MR) is 143 cm³/mol. The fraction of sp³-hybridized carbons (Fsp3) is 0.607. The molecule has 2 saturated heterocycles. The molecule has 1 N–H and O–H groups in total. The summed E-state index contributed by atoms with van der Waals surface area (Å²) in [7, 11) is 2.08. The molecule has 1 aromatic carbocycles. The monoisotopic (exact) mass is 543 g/mol. The average Bonchev–Trinajstić information content (AvgIpc) is 3.18. The number of anilines is 2. The van der Waals surface area contributed by atoms with E-state index in [1.807, 2.05) is 0 Å². The summed E-state index contributed by atoms with van der Waals surface area (Å²) in [4.78, 5) is 15.9. The van der Waals surface area contributed by atoms with E-state index in [9.17, 15) is 18.4 Å². The van der Waals surface area contributed by atoms with E-state index in [2.05, 4.69) is 28.2 Å². The summed E-state index contributed by atoms with van der Waals surface area (Å²) in [5, 5.41) is 12.6. The summed E-state index contributed by atoms with van der Waals surface area (Å²) in [5.41, 5.74) is 1.47. The maximum atomic E-state index is 14.1. The number of halogens is 3. The zero-order chi connectivity index (χ0) is 27.6. The lowest BCUT2D eigenvalue weighted by Gasteiger charge is -2.35. The van der Waals surface area contributed by atoms with E-state index in [0.29, 0.717) is 44.7 Å². The summed E-state index contributed by atoms with van der Waals surface area (Å²) in [6.45, 7) is 5.78. The molecule has 11 heteroatoms. The number of rotatable bonds is 6. The highest BCUT2D eigenvalue weighted by Crippen LogP contribution is 2.40.